The van der Waals surface area contributed by atoms with Gasteiger partial charge in [0.15, 0.2) is 0 Å². The summed E-state index contributed by atoms with van der Waals surface area (Å²) in [7, 11) is -3.67. The highest BCUT2D eigenvalue weighted by molar-refractivity contribution is 7.85. The van der Waals surface area contributed by atoms with E-state index in [1.165, 1.54) is 57.8 Å². The molecular weight excluding hydrogens is 262 g/mol. The number of hydrogen-bond donors (Lipinski definition) is 2. The third-order valence-electron chi connectivity index (χ3n) is 3.08. The highest BCUT2D eigenvalue weighted by atomic mass is 32.2. The molecule has 3 N–H and O–H groups in total. The molecule has 0 aromatic rings. The Balaban J connectivity index is 0. The number of hydrogen-bond acceptors (Lipinski definition) is 3. The van der Waals surface area contributed by atoms with Crippen molar-refractivity contribution >= 4 is 10.1 Å². The largest absolute Gasteiger partial charge is 0.325 e. The molecule has 0 heterocycles. The van der Waals surface area contributed by atoms with Crippen molar-refractivity contribution in [1.82, 2.24) is 0 Å². The first-order valence-corrected chi connectivity index (χ1v) is 9.24. The molecule has 0 saturated carbocycles. The van der Waals surface area contributed by atoms with Crippen molar-refractivity contribution in [2.75, 3.05) is 6.26 Å². The second kappa shape index (κ2) is 11.7. The van der Waals surface area contributed by atoms with Gasteiger partial charge in [-0.3, -0.25) is 4.55 Å². The Hall–Kier alpha value is -0.130. The van der Waals surface area contributed by atoms with Gasteiger partial charge in [0, 0.05) is 5.54 Å². The lowest BCUT2D eigenvalue weighted by atomic mass is 9.84. The topological polar surface area (TPSA) is 80.4 Å². The minimum atomic E-state index is -3.67. The van der Waals surface area contributed by atoms with Gasteiger partial charge >= 0.3 is 0 Å². The van der Waals surface area contributed by atoms with Gasteiger partial charge < -0.3 is 5.73 Å². The third kappa shape index (κ3) is 20.4. The van der Waals surface area contributed by atoms with E-state index in [9.17, 15) is 8.42 Å². The molecule has 0 bridgehead atoms. The second-order valence-electron chi connectivity index (χ2n) is 5.41. The van der Waals surface area contributed by atoms with Crippen molar-refractivity contribution in [1.29, 1.82) is 0 Å². The maximum Gasteiger partial charge on any atom is 0.261 e. The fourth-order valence-electron chi connectivity index (χ4n) is 1.96. The van der Waals surface area contributed by atoms with Crippen LogP contribution in [0.3, 0.4) is 0 Å². The summed E-state index contributed by atoms with van der Waals surface area (Å²) in [6, 6.07) is 0. The van der Waals surface area contributed by atoms with Crippen molar-refractivity contribution in [2.45, 2.75) is 84.1 Å². The van der Waals surface area contributed by atoms with Gasteiger partial charge in [-0.25, -0.2) is 0 Å². The van der Waals surface area contributed by atoms with Crippen LogP contribution in [0.2, 0.25) is 0 Å². The smallest absolute Gasteiger partial charge is 0.261 e. The zero-order valence-electron chi connectivity index (χ0n) is 13.1. The van der Waals surface area contributed by atoms with Gasteiger partial charge in [-0.05, 0) is 19.3 Å². The van der Waals surface area contributed by atoms with Crippen molar-refractivity contribution in [3.8, 4) is 0 Å². The number of rotatable bonds is 9. The van der Waals surface area contributed by atoms with E-state index in [0.717, 1.165) is 0 Å². The van der Waals surface area contributed by atoms with E-state index in [4.69, 9.17) is 10.3 Å². The molecule has 0 saturated heterocycles. The van der Waals surface area contributed by atoms with E-state index in [0.29, 0.717) is 6.26 Å². The molecule has 0 atom stereocenters. The molecule has 4 nitrogen and oxygen atoms in total. The first kappa shape index (κ1) is 21.2. The molecule has 5 heteroatoms. The van der Waals surface area contributed by atoms with Crippen LogP contribution in [0.5, 0.6) is 0 Å². The van der Waals surface area contributed by atoms with Crippen LogP contribution in [0.25, 0.3) is 0 Å². The monoisotopic (exact) mass is 295 g/mol. The second-order valence-corrected chi connectivity index (χ2v) is 6.87. The third-order valence-corrected chi connectivity index (χ3v) is 3.08. The summed E-state index contributed by atoms with van der Waals surface area (Å²) in [5.41, 5.74) is 6.61. The summed E-state index contributed by atoms with van der Waals surface area (Å²) in [6.45, 7) is 6.75. The minimum Gasteiger partial charge on any atom is -0.325 e. The van der Waals surface area contributed by atoms with Crippen LogP contribution >= 0.6 is 0 Å². The average molecular weight is 295 g/mol. The van der Waals surface area contributed by atoms with E-state index in [1.807, 2.05) is 0 Å². The highest BCUT2D eigenvalue weighted by Gasteiger charge is 2.22. The van der Waals surface area contributed by atoms with Gasteiger partial charge in [0.05, 0.1) is 6.26 Å². The van der Waals surface area contributed by atoms with E-state index in [2.05, 4.69) is 20.8 Å². The minimum absolute atomic E-state index is 0.155. The van der Waals surface area contributed by atoms with Crippen LogP contribution < -0.4 is 5.73 Å². The fourth-order valence-corrected chi connectivity index (χ4v) is 1.96. The van der Waals surface area contributed by atoms with Gasteiger partial charge in [-0.15, -0.1) is 0 Å². The predicted molar refractivity (Wildman–Crippen MR) is 83.0 cm³/mol. The van der Waals surface area contributed by atoms with Gasteiger partial charge in [-0.2, -0.15) is 8.42 Å². The molecule has 0 spiro atoms. The average Bonchev–Trinajstić information content (AvgIpc) is 2.30. The van der Waals surface area contributed by atoms with E-state index in [-0.39, 0.29) is 5.54 Å². The van der Waals surface area contributed by atoms with Crippen LogP contribution in [0.4, 0.5) is 0 Å². The summed E-state index contributed by atoms with van der Waals surface area (Å²) in [4.78, 5) is 0. The van der Waals surface area contributed by atoms with Crippen LogP contribution in [0, 0.1) is 0 Å². The molecular formula is C14H33NO3S. The Morgan fingerprint density at radius 1 is 0.895 bits per heavy atom. The van der Waals surface area contributed by atoms with Crippen molar-refractivity contribution in [3.63, 3.8) is 0 Å². The summed E-state index contributed by atoms with van der Waals surface area (Å²) in [6.07, 6.45) is 12.1. The molecule has 0 unspecified atom stereocenters. The molecule has 0 aromatic heterocycles. The Kier molecular flexibility index (Phi) is 13.0. The Labute approximate surface area is 119 Å². The molecule has 19 heavy (non-hydrogen) atoms. The first-order chi connectivity index (χ1) is 8.68. The van der Waals surface area contributed by atoms with Crippen molar-refractivity contribution in [2.24, 2.45) is 5.73 Å². The molecule has 118 valence electrons. The van der Waals surface area contributed by atoms with E-state index in [1.54, 1.807) is 0 Å². The quantitative estimate of drug-likeness (QED) is 0.635. The lowest BCUT2D eigenvalue weighted by Gasteiger charge is -2.29. The standard InChI is InChI=1S/C13H29N.CH4O3S/c1-4-7-10-13(14,11-8-5-2)12-9-6-3;1-5(2,3)4/h4-12,14H2,1-3H3;1H3,(H,2,3,4). The normalized spacial score (nSPS) is 11.9. The molecule has 0 aliphatic rings. The number of unbranched alkanes of at least 4 members (excludes halogenated alkanes) is 3. The predicted octanol–water partition coefficient (Wildman–Crippen LogP) is 3.76. The molecule has 0 aromatic carbocycles. The van der Waals surface area contributed by atoms with E-state index < -0.39 is 10.1 Å². The lowest BCUT2D eigenvalue weighted by Crippen LogP contribution is -2.39. The van der Waals surface area contributed by atoms with Crippen molar-refractivity contribution < 1.29 is 13.0 Å². The maximum atomic E-state index is 9.19. The highest BCUT2D eigenvalue weighted by Crippen LogP contribution is 2.24. The molecule has 0 fully saturated rings. The summed E-state index contributed by atoms with van der Waals surface area (Å²) < 4.78 is 25.9. The zero-order valence-corrected chi connectivity index (χ0v) is 13.9. The zero-order chi connectivity index (χ0) is 15.4. The van der Waals surface area contributed by atoms with Gasteiger partial charge in [0.1, 0.15) is 0 Å². The molecule has 0 aliphatic carbocycles. The molecule has 0 rings (SSSR count). The number of nitrogens with two attached hydrogens (primary N) is 1. The summed E-state index contributed by atoms with van der Waals surface area (Å²) >= 11 is 0. The van der Waals surface area contributed by atoms with Gasteiger partial charge in [0.25, 0.3) is 10.1 Å². The molecule has 0 amide bonds. The van der Waals surface area contributed by atoms with Crippen LogP contribution in [0.1, 0.15) is 78.6 Å². The SMILES string of the molecule is CCCCC(N)(CCCC)CCCC.CS(=O)(=O)O. The van der Waals surface area contributed by atoms with Crippen LogP contribution in [-0.4, -0.2) is 24.8 Å². The Morgan fingerprint density at radius 3 is 1.26 bits per heavy atom. The fraction of sp³-hybridized carbons (Fsp3) is 1.00. The summed E-state index contributed by atoms with van der Waals surface area (Å²) in [5, 5.41) is 0. The Morgan fingerprint density at radius 2 is 1.11 bits per heavy atom. The van der Waals surface area contributed by atoms with E-state index >= 15 is 0 Å². The van der Waals surface area contributed by atoms with Gasteiger partial charge in [0.2, 0.25) is 0 Å². The summed E-state index contributed by atoms with van der Waals surface area (Å²) in [5.74, 6) is 0. The lowest BCUT2D eigenvalue weighted by molar-refractivity contribution is 0.313. The van der Waals surface area contributed by atoms with Crippen LogP contribution in [0.15, 0.2) is 0 Å². The molecule has 0 aliphatic heterocycles. The first-order valence-electron chi connectivity index (χ1n) is 7.39. The molecule has 0 radical (unpaired) electrons. The van der Waals surface area contributed by atoms with Crippen molar-refractivity contribution in [3.05, 3.63) is 0 Å². The van der Waals surface area contributed by atoms with Crippen LogP contribution in [-0.2, 0) is 10.1 Å². The Bertz CT molecular complexity index is 259. The van der Waals surface area contributed by atoms with Gasteiger partial charge in [-0.1, -0.05) is 59.3 Å². The maximum absolute atomic E-state index is 9.19.